The molecule has 1 aliphatic heterocycles. The molecule has 0 fully saturated rings. The van der Waals surface area contributed by atoms with Crippen LogP contribution in [0.15, 0.2) is 40.9 Å². The van der Waals surface area contributed by atoms with Gasteiger partial charge in [-0.1, -0.05) is 17.7 Å². The molecule has 128 valence electrons. The standard InChI is InChI=1S/C16H18ClN3O4/c1-8(2)24-16(21)13-9(3)18-10(4)15(20(22)23)14(13)11-6-5-7-12(17)19-11/h5-8,14,18H,1-4H3/t14-/m1/s1. The van der Waals surface area contributed by atoms with E-state index in [2.05, 4.69) is 10.3 Å². The van der Waals surface area contributed by atoms with Crippen molar-refractivity contribution >= 4 is 17.6 Å². The van der Waals surface area contributed by atoms with E-state index < -0.39 is 16.8 Å². The van der Waals surface area contributed by atoms with E-state index in [9.17, 15) is 14.9 Å². The van der Waals surface area contributed by atoms with Crippen LogP contribution in [-0.4, -0.2) is 22.0 Å². The molecule has 0 unspecified atom stereocenters. The molecule has 1 aliphatic rings. The Labute approximate surface area is 144 Å². The van der Waals surface area contributed by atoms with Crippen LogP contribution in [0.25, 0.3) is 0 Å². The van der Waals surface area contributed by atoms with Crippen molar-refractivity contribution in [2.75, 3.05) is 0 Å². The second kappa shape index (κ2) is 7.00. The minimum Gasteiger partial charge on any atom is -0.460 e. The maximum atomic E-state index is 12.5. The van der Waals surface area contributed by atoms with E-state index in [1.165, 1.54) is 0 Å². The van der Waals surface area contributed by atoms with E-state index in [0.29, 0.717) is 17.1 Å². The molecule has 2 rings (SSSR count). The second-order valence-corrected chi connectivity index (χ2v) is 6.09. The number of aromatic nitrogens is 1. The number of allylic oxidation sites excluding steroid dienone is 3. The number of hydrogen-bond acceptors (Lipinski definition) is 6. The molecule has 0 aliphatic carbocycles. The Hall–Kier alpha value is -2.41. The molecule has 1 N–H and O–H groups in total. The molecule has 0 bridgehead atoms. The van der Waals surface area contributed by atoms with Crippen molar-refractivity contribution in [1.29, 1.82) is 0 Å². The van der Waals surface area contributed by atoms with Crippen LogP contribution in [0.5, 0.6) is 0 Å². The number of halogens is 1. The Balaban J connectivity index is 2.64. The highest BCUT2D eigenvalue weighted by atomic mass is 35.5. The van der Waals surface area contributed by atoms with Crippen molar-refractivity contribution in [1.82, 2.24) is 10.3 Å². The average Bonchev–Trinajstić information content (AvgIpc) is 2.44. The van der Waals surface area contributed by atoms with Gasteiger partial charge in [-0.05, 0) is 39.8 Å². The van der Waals surface area contributed by atoms with Gasteiger partial charge >= 0.3 is 5.97 Å². The molecule has 0 saturated heterocycles. The van der Waals surface area contributed by atoms with Gasteiger partial charge in [0.2, 0.25) is 0 Å². The molecule has 0 amide bonds. The third kappa shape index (κ3) is 3.56. The van der Waals surface area contributed by atoms with Crippen molar-refractivity contribution < 1.29 is 14.5 Å². The summed E-state index contributed by atoms with van der Waals surface area (Å²) in [4.78, 5) is 27.8. The maximum absolute atomic E-state index is 12.5. The number of esters is 1. The van der Waals surface area contributed by atoms with Gasteiger partial charge in [0.05, 0.1) is 28.0 Å². The highest BCUT2D eigenvalue weighted by Gasteiger charge is 2.42. The average molecular weight is 352 g/mol. The van der Waals surface area contributed by atoms with E-state index in [-0.39, 0.29) is 22.5 Å². The SMILES string of the molecule is CC1=C(C(=O)OC(C)C)[C@@H](c2cccc(Cl)n2)C([N+](=O)[O-])=C(C)N1. The topological polar surface area (TPSA) is 94.4 Å². The molecule has 24 heavy (non-hydrogen) atoms. The first kappa shape index (κ1) is 17.9. The van der Waals surface area contributed by atoms with Gasteiger partial charge in [-0.2, -0.15) is 0 Å². The zero-order valence-electron chi connectivity index (χ0n) is 13.8. The number of hydrogen-bond donors (Lipinski definition) is 1. The van der Waals surface area contributed by atoms with E-state index in [1.54, 1.807) is 45.9 Å². The Morgan fingerprint density at radius 1 is 1.38 bits per heavy atom. The summed E-state index contributed by atoms with van der Waals surface area (Å²) in [5, 5.41) is 14.7. The van der Waals surface area contributed by atoms with E-state index >= 15 is 0 Å². The molecule has 8 heteroatoms. The molecule has 1 aromatic rings. The summed E-state index contributed by atoms with van der Waals surface area (Å²) in [5.41, 5.74) is 1.19. The zero-order chi connectivity index (χ0) is 18.0. The predicted octanol–water partition coefficient (Wildman–Crippen LogP) is 3.16. The smallest absolute Gasteiger partial charge is 0.337 e. The van der Waals surface area contributed by atoms with Gasteiger partial charge in [-0.3, -0.25) is 10.1 Å². The molecule has 0 aromatic carbocycles. The Kier molecular flexibility index (Phi) is 5.23. The van der Waals surface area contributed by atoms with Crippen LogP contribution in [0, 0.1) is 10.1 Å². The molecule has 0 radical (unpaired) electrons. The van der Waals surface area contributed by atoms with Gasteiger partial charge in [0.15, 0.2) is 0 Å². The molecule has 7 nitrogen and oxygen atoms in total. The highest BCUT2D eigenvalue weighted by Crippen LogP contribution is 2.38. The summed E-state index contributed by atoms with van der Waals surface area (Å²) >= 11 is 5.93. The minimum absolute atomic E-state index is 0.147. The fourth-order valence-corrected chi connectivity index (χ4v) is 2.82. The summed E-state index contributed by atoms with van der Waals surface area (Å²) < 4.78 is 5.26. The summed E-state index contributed by atoms with van der Waals surface area (Å²) in [6.07, 6.45) is -0.350. The summed E-state index contributed by atoms with van der Waals surface area (Å²) in [5.74, 6) is -1.57. The first-order valence-electron chi connectivity index (χ1n) is 7.38. The van der Waals surface area contributed by atoms with Gasteiger partial charge in [-0.15, -0.1) is 0 Å². The molecule has 0 saturated carbocycles. The summed E-state index contributed by atoms with van der Waals surface area (Å²) in [7, 11) is 0. The van der Waals surface area contributed by atoms with Gasteiger partial charge in [0.1, 0.15) is 11.1 Å². The number of nitro groups is 1. The Morgan fingerprint density at radius 2 is 2.04 bits per heavy atom. The number of nitrogens with one attached hydrogen (secondary N) is 1. The normalized spacial score (nSPS) is 17.8. The number of nitrogens with zero attached hydrogens (tertiary/aromatic N) is 2. The number of carbonyl (C=O) groups excluding carboxylic acids is 1. The number of pyridine rings is 1. The van der Waals surface area contributed by atoms with E-state index in [4.69, 9.17) is 16.3 Å². The molecule has 1 aromatic heterocycles. The van der Waals surface area contributed by atoms with Gasteiger partial charge in [-0.25, -0.2) is 9.78 Å². The number of rotatable bonds is 4. The van der Waals surface area contributed by atoms with Crippen LogP contribution in [-0.2, 0) is 9.53 Å². The third-order valence-corrected chi connectivity index (χ3v) is 3.73. The molecule has 2 heterocycles. The van der Waals surface area contributed by atoms with Crippen LogP contribution < -0.4 is 5.32 Å². The van der Waals surface area contributed by atoms with Crippen LogP contribution in [0.4, 0.5) is 0 Å². The Bertz CT molecular complexity index is 755. The fraction of sp³-hybridized carbons (Fsp3) is 0.375. The second-order valence-electron chi connectivity index (χ2n) is 5.70. The fourth-order valence-electron chi connectivity index (χ4n) is 2.65. The number of ether oxygens (including phenoxy) is 1. The van der Waals surface area contributed by atoms with E-state index in [1.807, 2.05) is 0 Å². The Morgan fingerprint density at radius 3 is 2.58 bits per heavy atom. The lowest BCUT2D eigenvalue weighted by molar-refractivity contribution is -0.431. The van der Waals surface area contributed by atoms with Crippen molar-refractivity contribution in [2.24, 2.45) is 0 Å². The van der Waals surface area contributed by atoms with Crippen molar-refractivity contribution in [3.8, 4) is 0 Å². The summed E-state index contributed by atoms with van der Waals surface area (Å²) in [6.45, 7) is 6.69. The van der Waals surface area contributed by atoms with Crippen molar-refractivity contribution in [3.05, 3.63) is 61.8 Å². The van der Waals surface area contributed by atoms with Crippen LogP contribution >= 0.6 is 11.6 Å². The lowest BCUT2D eigenvalue weighted by Crippen LogP contribution is -2.32. The number of carbonyl (C=O) groups is 1. The first-order valence-corrected chi connectivity index (χ1v) is 7.76. The minimum atomic E-state index is -0.953. The van der Waals surface area contributed by atoms with Gasteiger partial charge in [0, 0.05) is 5.70 Å². The summed E-state index contributed by atoms with van der Waals surface area (Å²) in [6, 6.07) is 4.81. The molecule has 1 atom stereocenters. The number of dihydropyridines is 1. The molecular weight excluding hydrogens is 334 g/mol. The molecular formula is C16H18ClN3O4. The zero-order valence-corrected chi connectivity index (χ0v) is 14.5. The van der Waals surface area contributed by atoms with E-state index in [0.717, 1.165) is 0 Å². The van der Waals surface area contributed by atoms with Gasteiger partial charge in [0.25, 0.3) is 5.70 Å². The lowest BCUT2D eigenvalue weighted by Gasteiger charge is -2.26. The molecule has 0 spiro atoms. The quantitative estimate of drug-likeness (QED) is 0.387. The first-order chi connectivity index (χ1) is 11.2. The van der Waals surface area contributed by atoms with Crippen molar-refractivity contribution in [3.63, 3.8) is 0 Å². The maximum Gasteiger partial charge on any atom is 0.337 e. The van der Waals surface area contributed by atoms with Crippen LogP contribution in [0.1, 0.15) is 39.3 Å². The lowest BCUT2D eigenvalue weighted by atomic mass is 9.87. The van der Waals surface area contributed by atoms with Crippen LogP contribution in [0.3, 0.4) is 0 Å². The van der Waals surface area contributed by atoms with Crippen molar-refractivity contribution in [2.45, 2.75) is 39.7 Å². The monoisotopic (exact) mass is 351 g/mol. The predicted molar refractivity (Wildman–Crippen MR) is 88.7 cm³/mol. The highest BCUT2D eigenvalue weighted by molar-refractivity contribution is 6.29. The third-order valence-electron chi connectivity index (χ3n) is 3.52. The van der Waals surface area contributed by atoms with Crippen LogP contribution in [0.2, 0.25) is 5.15 Å². The largest absolute Gasteiger partial charge is 0.460 e. The van der Waals surface area contributed by atoms with Gasteiger partial charge < -0.3 is 10.1 Å².